The van der Waals surface area contributed by atoms with E-state index in [1.807, 2.05) is 13.8 Å². The van der Waals surface area contributed by atoms with Gasteiger partial charge >= 0.3 is 12.0 Å². The fraction of sp³-hybridized carbons (Fsp3) is 0.385. The summed E-state index contributed by atoms with van der Waals surface area (Å²) >= 11 is 5.74. The second kappa shape index (κ2) is 6.99. The molecule has 1 atom stereocenters. The van der Waals surface area contributed by atoms with Gasteiger partial charge in [-0.1, -0.05) is 25.4 Å². The summed E-state index contributed by atoms with van der Waals surface area (Å²) in [6, 6.07) is 5.52. The van der Waals surface area contributed by atoms with Gasteiger partial charge in [-0.15, -0.1) is 0 Å². The highest BCUT2D eigenvalue weighted by atomic mass is 35.5. The SMILES string of the molecule is COC(=O)C(NC(=O)Nc1ccc(Cl)cc1)C(C)C. The number of esters is 1. The molecule has 0 aliphatic carbocycles. The summed E-state index contributed by atoms with van der Waals surface area (Å²) in [5.74, 6) is -0.537. The first-order valence-corrected chi connectivity index (χ1v) is 6.22. The third-order valence-electron chi connectivity index (χ3n) is 2.51. The molecule has 0 bridgehead atoms. The van der Waals surface area contributed by atoms with Crippen LogP contribution in [-0.4, -0.2) is 25.2 Å². The number of carbonyl (C=O) groups excluding carboxylic acids is 2. The molecule has 0 aliphatic rings. The number of methoxy groups -OCH3 is 1. The van der Waals surface area contributed by atoms with Crippen molar-refractivity contribution in [2.24, 2.45) is 5.92 Å². The molecule has 0 aromatic heterocycles. The highest BCUT2D eigenvalue weighted by Crippen LogP contribution is 2.13. The van der Waals surface area contributed by atoms with E-state index < -0.39 is 18.0 Å². The summed E-state index contributed by atoms with van der Waals surface area (Å²) in [5, 5.41) is 5.77. The molecule has 0 saturated heterocycles. The third-order valence-corrected chi connectivity index (χ3v) is 2.76. The van der Waals surface area contributed by atoms with E-state index in [1.54, 1.807) is 24.3 Å². The van der Waals surface area contributed by atoms with Gasteiger partial charge in [-0.05, 0) is 30.2 Å². The second-order valence-electron chi connectivity index (χ2n) is 4.35. The quantitative estimate of drug-likeness (QED) is 0.835. The zero-order valence-corrected chi connectivity index (χ0v) is 11.8. The van der Waals surface area contributed by atoms with Crippen LogP contribution in [-0.2, 0) is 9.53 Å². The monoisotopic (exact) mass is 284 g/mol. The van der Waals surface area contributed by atoms with Crippen LogP contribution in [0.1, 0.15) is 13.8 Å². The number of benzene rings is 1. The average Bonchev–Trinajstić information content (AvgIpc) is 2.37. The molecular formula is C13H17ClN2O3. The molecule has 2 amide bonds. The van der Waals surface area contributed by atoms with E-state index in [4.69, 9.17) is 11.6 Å². The van der Waals surface area contributed by atoms with Crippen molar-refractivity contribution < 1.29 is 14.3 Å². The Bertz CT molecular complexity index is 446. The smallest absolute Gasteiger partial charge is 0.328 e. The van der Waals surface area contributed by atoms with E-state index in [0.717, 1.165) is 0 Å². The van der Waals surface area contributed by atoms with Crippen LogP contribution in [0.3, 0.4) is 0 Å². The van der Waals surface area contributed by atoms with E-state index in [1.165, 1.54) is 7.11 Å². The van der Waals surface area contributed by atoms with E-state index in [9.17, 15) is 9.59 Å². The molecule has 6 heteroatoms. The molecule has 1 aromatic rings. The molecule has 19 heavy (non-hydrogen) atoms. The van der Waals surface area contributed by atoms with E-state index in [2.05, 4.69) is 15.4 Å². The number of halogens is 1. The molecule has 0 heterocycles. The van der Waals surface area contributed by atoms with E-state index in [-0.39, 0.29) is 5.92 Å². The number of hydrogen-bond acceptors (Lipinski definition) is 3. The first kappa shape index (κ1) is 15.3. The highest BCUT2D eigenvalue weighted by Gasteiger charge is 2.24. The van der Waals surface area contributed by atoms with Crippen molar-refractivity contribution in [3.05, 3.63) is 29.3 Å². The zero-order valence-electron chi connectivity index (χ0n) is 11.1. The Morgan fingerprint density at radius 2 is 1.79 bits per heavy atom. The summed E-state index contributed by atoms with van der Waals surface area (Å²) in [4.78, 5) is 23.3. The lowest BCUT2D eigenvalue weighted by Crippen LogP contribution is -2.46. The maximum Gasteiger partial charge on any atom is 0.328 e. The van der Waals surface area contributed by atoms with E-state index in [0.29, 0.717) is 10.7 Å². The Balaban J connectivity index is 2.62. The van der Waals surface area contributed by atoms with Crippen LogP contribution in [0.5, 0.6) is 0 Å². The van der Waals surface area contributed by atoms with Crippen molar-refractivity contribution in [1.82, 2.24) is 5.32 Å². The predicted molar refractivity (Wildman–Crippen MR) is 74.2 cm³/mol. The number of ether oxygens (including phenoxy) is 1. The van der Waals surface area contributed by atoms with Gasteiger partial charge in [-0.2, -0.15) is 0 Å². The normalized spacial score (nSPS) is 11.8. The molecule has 1 rings (SSSR count). The molecule has 104 valence electrons. The molecule has 2 N–H and O–H groups in total. The Morgan fingerprint density at radius 3 is 2.26 bits per heavy atom. The van der Waals surface area contributed by atoms with Crippen molar-refractivity contribution >= 4 is 29.3 Å². The van der Waals surface area contributed by atoms with Gasteiger partial charge in [0.25, 0.3) is 0 Å². The minimum Gasteiger partial charge on any atom is -0.467 e. The van der Waals surface area contributed by atoms with Crippen LogP contribution in [0.25, 0.3) is 0 Å². The number of amides is 2. The summed E-state index contributed by atoms with van der Waals surface area (Å²) in [6.45, 7) is 3.65. The number of rotatable bonds is 4. The number of carbonyl (C=O) groups is 2. The lowest BCUT2D eigenvalue weighted by Gasteiger charge is -2.20. The largest absolute Gasteiger partial charge is 0.467 e. The highest BCUT2D eigenvalue weighted by molar-refractivity contribution is 6.30. The second-order valence-corrected chi connectivity index (χ2v) is 4.79. The van der Waals surface area contributed by atoms with E-state index >= 15 is 0 Å². The maximum absolute atomic E-state index is 11.8. The van der Waals surface area contributed by atoms with Gasteiger partial charge in [0.1, 0.15) is 6.04 Å². The molecule has 0 radical (unpaired) electrons. The van der Waals surface area contributed by atoms with Crippen molar-refractivity contribution in [1.29, 1.82) is 0 Å². The van der Waals surface area contributed by atoms with Gasteiger partial charge in [-0.3, -0.25) is 0 Å². The molecule has 0 spiro atoms. The summed E-state index contributed by atoms with van der Waals surface area (Å²) in [7, 11) is 1.29. The van der Waals surface area contributed by atoms with Gasteiger partial charge in [0.05, 0.1) is 7.11 Å². The van der Waals surface area contributed by atoms with Gasteiger partial charge in [0.2, 0.25) is 0 Å². The molecule has 1 aromatic carbocycles. The molecular weight excluding hydrogens is 268 g/mol. The lowest BCUT2D eigenvalue weighted by atomic mass is 10.1. The Morgan fingerprint density at radius 1 is 1.21 bits per heavy atom. The van der Waals surface area contributed by atoms with Crippen LogP contribution in [0.15, 0.2) is 24.3 Å². The standard InChI is InChI=1S/C13H17ClN2O3/c1-8(2)11(12(17)19-3)16-13(18)15-10-6-4-9(14)5-7-10/h4-8,11H,1-3H3,(H2,15,16,18). The molecule has 0 fully saturated rings. The lowest BCUT2D eigenvalue weighted by molar-refractivity contribution is -0.143. The first-order chi connectivity index (χ1) is 8.93. The molecule has 0 saturated carbocycles. The van der Waals surface area contributed by atoms with Crippen molar-refractivity contribution in [3.8, 4) is 0 Å². The van der Waals surface area contributed by atoms with Crippen molar-refractivity contribution in [2.75, 3.05) is 12.4 Å². The maximum atomic E-state index is 11.8. The summed E-state index contributed by atoms with van der Waals surface area (Å²) in [5.41, 5.74) is 0.592. The average molecular weight is 285 g/mol. The Hall–Kier alpha value is -1.75. The van der Waals surface area contributed by atoms with Gasteiger partial charge in [-0.25, -0.2) is 9.59 Å². The fourth-order valence-corrected chi connectivity index (χ4v) is 1.59. The number of urea groups is 1. The fourth-order valence-electron chi connectivity index (χ4n) is 1.47. The zero-order chi connectivity index (χ0) is 14.4. The number of nitrogens with one attached hydrogen (secondary N) is 2. The van der Waals surface area contributed by atoms with Crippen LogP contribution in [0.4, 0.5) is 10.5 Å². The number of anilines is 1. The third kappa shape index (κ3) is 4.79. The topological polar surface area (TPSA) is 67.4 Å². The van der Waals surface area contributed by atoms with Crippen LogP contribution in [0, 0.1) is 5.92 Å². The van der Waals surface area contributed by atoms with Gasteiger partial charge < -0.3 is 15.4 Å². The minimum absolute atomic E-state index is 0.0663. The predicted octanol–water partition coefficient (Wildman–Crippen LogP) is 2.66. The van der Waals surface area contributed by atoms with Crippen molar-refractivity contribution in [3.63, 3.8) is 0 Å². The minimum atomic E-state index is -0.683. The molecule has 0 aliphatic heterocycles. The molecule has 1 unspecified atom stereocenters. The Kier molecular flexibility index (Phi) is 5.63. The van der Waals surface area contributed by atoms with Gasteiger partial charge in [0.15, 0.2) is 0 Å². The van der Waals surface area contributed by atoms with Crippen LogP contribution in [0.2, 0.25) is 5.02 Å². The molecule has 5 nitrogen and oxygen atoms in total. The summed E-state index contributed by atoms with van der Waals surface area (Å²) in [6.07, 6.45) is 0. The summed E-state index contributed by atoms with van der Waals surface area (Å²) < 4.78 is 4.64. The Labute approximate surface area is 117 Å². The van der Waals surface area contributed by atoms with Crippen LogP contribution >= 0.6 is 11.6 Å². The number of hydrogen-bond donors (Lipinski definition) is 2. The van der Waals surface area contributed by atoms with Crippen LogP contribution < -0.4 is 10.6 Å². The van der Waals surface area contributed by atoms with Crippen molar-refractivity contribution in [2.45, 2.75) is 19.9 Å². The first-order valence-electron chi connectivity index (χ1n) is 5.85. The van der Waals surface area contributed by atoms with Gasteiger partial charge in [0, 0.05) is 10.7 Å².